The van der Waals surface area contributed by atoms with Crippen LogP contribution in [-0.2, 0) is 0 Å². The van der Waals surface area contributed by atoms with Gasteiger partial charge in [0.25, 0.3) is 0 Å². The molecule has 0 unspecified atom stereocenters. The first kappa shape index (κ1) is 23.5. The molecule has 30 heavy (non-hydrogen) atoms. The summed E-state index contributed by atoms with van der Waals surface area (Å²) in [5.41, 5.74) is 2.22. The van der Waals surface area contributed by atoms with Gasteiger partial charge in [-0.15, -0.1) is 22.7 Å². The lowest BCUT2D eigenvalue weighted by molar-refractivity contribution is 1.50. The lowest BCUT2D eigenvalue weighted by atomic mass is 10.2. The van der Waals surface area contributed by atoms with Crippen molar-refractivity contribution in [3.05, 3.63) is 96.1 Å². The third-order valence-electron chi connectivity index (χ3n) is 3.71. The fourth-order valence-corrected chi connectivity index (χ4v) is 4.21. The molecule has 0 spiro atoms. The van der Waals surface area contributed by atoms with Gasteiger partial charge in [0.1, 0.15) is 10.0 Å². The molecule has 0 aliphatic heterocycles. The van der Waals surface area contributed by atoms with Crippen molar-refractivity contribution in [3.63, 3.8) is 0 Å². The molecule has 0 saturated carbocycles. The maximum absolute atomic E-state index is 4.57. The van der Waals surface area contributed by atoms with E-state index < -0.39 is 0 Å². The van der Waals surface area contributed by atoms with Crippen LogP contribution in [0.15, 0.2) is 94.9 Å². The summed E-state index contributed by atoms with van der Waals surface area (Å²) >= 11 is 3.39. The molecule has 4 heteroatoms. The molecule has 4 rings (SSSR count). The molecule has 0 fully saturated rings. The van der Waals surface area contributed by atoms with Crippen LogP contribution in [0.5, 0.6) is 0 Å². The van der Waals surface area contributed by atoms with Crippen LogP contribution < -0.4 is 0 Å². The van der Waals surface area contributed by atoms with E-state index in [2.05, 4.69) is 34.3 Å². The van der Waals surface area contributed by atoms with Gasteiger partial charge >= 0.3 is 0 Å². The van der Waals surface area contributed by atoms with E-state index in [1.807, 2.05) is 101 Å². The van der Waals surface area contributed by atoms with E-state index in [9.17, 15) is 0 Å². The van der Waals surface area contributed by atoms with Crippen molar-refractivity contribution in [1.29, 1.82) is 0 Å². The highest BCUT2D eigenvalue weighted by Crippen LogP contribution is 2.39. The number of aliphatic imine (C=N–C) groups is 2. The van der Waals surface area contributed by atoms with Crippen molar-refractivity contribution in [2.45, 2.75) is 27.7 Å². The Hall–Kier alpha value is -2.82. The molecule has 0 radical (unpaired) electrons. The molecule has 0 aliphatic carbocycles. The van der Waals surface area contributed by atoms with E-state index in [1.54, 1.807) is 22.7 Å². The first-order valence-electron chi connectivity index (χ1n) is 10.3. The highest BCUT2D eigenvalue weighted by Gasteiger charge is 2.05. The van der Waals surface area contributed by atoms with Crippen LogP contribution in [-0.4, -0.2) is 12.4 Å². The number of hydrogen-bond donors (Lipinski definition) is 0. The number of rotatable bonds is 5. The Morgan fingerprint density at radius 3 is 1.23 bits per heavy atom. The average Bonchev–Trinajstić information content (AvgIpc) is 3.50. The Morgan fingerprint density at radius 2 is 0.867 bits per heavy atom. The van der Waals surface area contributed by atoms with Crippen LogP contribution >= 0.6 is 22.7 Å². The smallest absolute Gasteiger partial charge is 0.116 e. The minimum Gasteiger partial charge on any atom is -0.245 e. The normalized spacial score (nSPS) is 10.4. The van der Waals surface area contributed by atoms with Crippen LogP contribution in [0.1, 0.15) is 38.8 Å². The van der Waals surface area contributed by atoms with Gasteiger partial charge in [-0.2, -0.15) is 0 Å². The van der Waals surface area contributed by atoms with E-state index >= 15 is 0 Å². The monoisotopic (exact) mass is 432 g/mol. The van der Waals surface area contributed by atoms with E-state index in [4.69, 9.17) is 0 Å². The van der Waals surface area contributed by atoms with E-state index in [0.717, 1.165) is 21.1 Å². The molecule has 2 aromatic heterocycles. The van der Waals surface area contributed by atoms with Crippen molar-refractivity contribution in [2.75, 3.05) is 0 Å². The molecule has 2 nitrogen and oxygen atoms in total. The molecule has 0 N–H and O–H groups in total. The van der Waals surface area contributed by atoms with Crippen molar-refractivity contribution in [2.24, 2.45) is 9.98 Å². The second-order valence-electron chi connectivity index (χ2n) is 5.61. The van der Waals surface area contributed by atoms with Crippen LogP contribution in [0.25, 0.3) is 9.75 Å². The van der Waals surface area contributed by atoms with Crippen LogP contribution in [0.3, 0.4) is 0 Å². The molecular formula is C26H28N2S2. The average molecular weight is 433 g/mol. The number of nitrogens with zero attached hydrogens (tertiary/aromatic N) is 2. The summed E-state index contributed by atoms with van der Waals surface area (Å²) in [4.78, 5) is 11.6. The van der Waals surface area contributed by atoms with Crippen molar-refractivity contribution in [3.8, 4) is 9.75 Å². The van der Waals surface area contributed by atoms with Gasteiger partial charge in [-0.3, -0.25) is 0 Å². The van der Waals surface area contributed by atoms with Crippen molar-refractivity contribution in [1.82, 2.24) is 0 Å². The van der Waals surface area contributed by atoms with Crippen molar-refractivity contribution < 1.29 is 0 Å². The summed E-state index contributed by atoms with van der Waals surface area (Å²) in [5, 5.41) is 2.01. The molecule has 4 aromatic rings. The summed E-state index contributed by atoms with van der Waals surface area (Å²) < 4.78 is 0. The van der Waals surface area contributed by atoms with Gasteiger partial charge in [0.15, 0.2) is 0 Å². The van der Waals surface area contributed by atoms with Gasteiger partial charge in [0.2, 0.25) is 0 Å². The van der Waals surface area contributed by atoms with Crippen LogP contribution in [0, 0.1) is 0 Å². The third-order valence-corrected chi connectivity index (χ3v) is 5.89. The number of benzene rings is 2. The molecular weight excluding hydrogens is 404 g/mol. The second kappa shape index (κ2) is 13.4. The Bertz CT molecular complexity index is 943. The molecule has 154 valence electrons. The SMILES string of the molecule is C(=N\c1ccc(-c2ccc(/N=C/c3ccccc3)s2)s1)/c1ccccc1.CC.CC. The highest BCUT2D eigenvalue weighted by atomic mass is 32.1. The van der Waals surface area contributed by atoms with Gasteiger partial charge in [-0.1, -0.05) is 88.4 Å². The minimum atomic E-state index is 1.01. The maximum atomic E-state index is 4.57. The third kappa shape index (κ3) is 7.21. The Morgan fingerprint density at radius 1 is 0.500 bits per heavy atom. The summed E-state index contributed by atoms with van der Waals surface area (Å²) in [7, 11) is 0. The molecule has 2 heterocycles. The van der Waals surface area contributed by atoms with E-state index in [0.29, 0.717) is 0 Å². The predicted octanol–water partition coefficient (Wildman–Crippen LogP) is 9.03. The second-order valence-corrected chi connectivity index (χ2v) is 7.74. The first-order valence-corrected chi connectivity index (χ1v) is 11.9. The van der Waals surface area contributed by atoms with Gasteiger partial charge in [0, 0.05) is 22.2 Å². The summed E-state index contributed by atoms with van der Waals surface area (Å²) in [6, 6.07) is 28.7. The van der Waals surface area contributed by atoms with Gasteiger partial charge in [-0.25, -0.2) is 9.98 Å². The summed E-state index contributed by atoms with van der Waals surface area (Å²) in [6.45, 7) is 8.00. The summed E-state index contributed by atoms with van der Waals surface area (Å²) in [5.74, 6) is 0. The van der Waals surface area contributed by atoms with E-state index in [1.165, 1.54) is 9.75 Å². The van der Waals surface area contributed by atoms with Crippen LogP contribution in [0.2, 0.25) is 0 Å². The fraction of sp³-hybridized carbons (Fsp3) is 0.154. The zero-order chi connectivity index (χ0) is 21.6. The van der Waals surface area contributed by atoms with Gasteiger partial charge in [-0.05, 0) is 35.4 Å². The quantitative estimate of drug-likeness (QED) is 0.281. The zero-order valence-corrected chi connectivity index (χ0v) is 19.6. The van der Waals surface area contributed by atoms with Gasteiger partial charge < -0.3 is 0 Å². The first-order chi connectivity index (χ1) is 14.9. The Balaban J connectivity index is 0.000000757. The molecule has 0 saturated heterocycles. The standard InChI is InChI=1S/C22H16N2S2.2C2H6/c1-3-7-17(8-4-1)15-23-21-13-11-19(25-21)20-12-14-22(26-20)24-16-18-9-5-2-6-10-18;2*1-2/h1-16H;2*1-2H3/b23-15+,24-16+;;. The van der Waals surface area contributed by atoms with Crippen molar-refractivity contribution >= 4 is 45.1 Å². The molecule has 0 bridgehead atoms. The lowest BCUT2D eigenvalue weighted by Crippen LogP contribution is -1.76. The minimum absolute atomic E-state index is 1.01. The van der Waals surface area contributed by atoms with Crippen LogP contribution in [0.4, 0.5) is 10.0 Å². The topological polar surface area (TPSA) is 24.7 Å². The largest absolute Gasteiger partial charge is 0.245 e. The Labute approximate surface area is 188 Å². The predicted molar refractivity (Wildman–Crippen MR) is 138 cm³/mol. The fourth-order valence-electron chi connectivity index (χ4n) is 2.41. The number of thiophene rings is 2. The Kier molecular flexibility index (Phi) is 10.5. The molecule has 2 aromatic carbocycles. The molecule has 0 aliphatic rings. The zero-order valence-electron chi connectivity index (χ0n) is 17.9. The highest BCUT2D eigenvalue weighted by molar-refractivity contribution is 7.25. The van der Waals surface area contributed by atoms with E-state index in [-0.39, 0.29) is 0 Å². The number of hydrogen-bond acceptors (Lipinski definition) is 4. The lowest BCUT2D eigenvalue weighted by Gasteiger charge is -1.91. The van der Waals surface area contributed by atoms with Gasteiger partial charge in [0.05, 0.1) is 0 Å². The maximum Gasteiger partial charge on any atom is 0.116 e. The molecule has 0 amide bonds. The molecule has 0 atom stereocenters. The summed E-state index contributed by atoms with van der Waals surface area (Å²) in [6.07, 6.45) is 3.80.